The van der Waals surface area contributed by atoms with Crippen LogP contribution in [0.15, 0.2) is 4.99 Å². The van der Waals surface area contributed by atoms with Crippen molar-refractivity contribution in [2.24, 2.45) is 4.99 Å². The molecule has 0 spiro atoms. The normalized spacial score (nSPS) is 22.7. The summed E-state index contributed by atoms with van der Waals surface area (Å²) in [7, 11) is 1.80. The highest BCUT2D eigenvalue weighted by Gasteiger charge is 2.23. The first-order chi connectivity index (χ1) is 12.1. The van der Waals surface area contributed by atoms with Crippen LogP contribution in [0.25, 0.3) is 0 Å². The average molecular weight is 479 g/mol. The number of piperidine rings is 2. The molecule has 2 aliphatic heterocycles. The quantitative estimate of drug-likeness (QED) is 0.349. The van der Waals surface area contributed by atoms with Gasteiger partial charge in [-0.05, 0) is 52.0 Å². The Labute approximate surface area is 176 Å². The standard InChI is InChI=1S/C19H37N5O.HI/c1-4-12-23-14-9-17(10-15-23)22-19(20-3)21-11-8-18(25)24-13-6-5-7-16(24)2;/h16-17H,4-15H2,1-3H3,(H2,20,21,22);1H. The number of hydrogen-bond acceptors (Lipinski definition) is 3. The van der Waals surface area contributed by atoms with Crippen LogP contribution in [0.4, 0.5) is 0 Å². The molecule has 0 saturated carbocycles. The van der Waals surface area contributed by atoms with Gasteiger partial charge in [-0.2, -0.15) is 0 Å². The van der Waals surface area contributed by atoms with Gasteiger partial charge >= 0.3 is 0 Å². The summed E-state index contributed by atoms with van der Waals surface area (Å²) in [6, 6.07) is 0.879. The lowest BCUT2D eigenvalue weighted by atomic mass is 10.0. The van der Waals surface area contributed by atoms with Gasteiger partial charge in [0.15, 0.2) is 5.96 Å². The number of amides is 1. The first kappa shape index (κ1) is 23.5. The maximum Gasteiger partial charge on any atom is 0.224 e. The van der Waals surface area contributed by atoms with Crippen LogP contribution >= 0.6 is 24.0 Å². The molecular weight excluding hydrogens is 441 g/mol. The van der Waals surface area contributed by atoms with Gasteiger partial charge in [0, 0.05) is 51.7 Å². The number of guanidine groups is 1. The number of rotatable bonds is 6. The molecule has 1 amide bonds. The highest BCUT2D eigenvalue weighted by molar-refractivity contribution is 14.0. The Morgan fingerprint density at radius 3 is 2.50 bits per heavy atom. The van der Waals surface area contributed by atoms with Gasteiger partial charge in [-0.1, -0.05) is 6.92 Å². The van der Waals surface area contributed by atoms with Crippen LogP contribution in [0.3, 0.4) is 0 Å². The molecule has 7 heteroatoms. The minimum atomic E-state index is 0. The molecule has 0 aromatic carbocycles. The van der Waals surface area contributed by atoms with E-state index in [1.54, 1.807) is 7.05 Å². The second-order valence-electron chi connectivity index (χ2n) is 7.44. The number of hydrogen-bond donors (Lipinski definition) is 2. The smallest absolute Gasteiger partial charge is 0.224 e. The van der Waals surface area contributed by atoms with Crippen molar-refractivity contribution in [2.45, 2.75) is 70.9 Å². The summed E-state index contributed by atoms with van der Waals surface area (Å²) in [6.07, 6.45) is 7.61. The van der Waals surface area contributed by atoms with Crippen molar-refractivity contribution >= 4 is 35.8 Å². The molecule has 2 rings (SSSR count). The third-order valence-corrected chi connectivity index (χ3v) is 5.45. The van der Waals surface area contributed by atoms with Crippen molar-refractivity contribution in [1.82, 2.24) is 20.4 Å². The topological polar surface area (TPSA) is 60.0 Å². The maximum atomic E-state index is 12.4. The predicted octanol–water partition coefficient (Wildman–Crippen LogP) is 2.43. The molecule has 1 atom stereocenters. The largest absolute Gasteiger partial charge is 0.356 e. The summed E-state index contributed by atoms with van der Waals surface area (Å²) >= 11 is 0. The highest BCUT2D eigenvalue weighted by atomic mass is 127. The van der Waals surface area contributed by atoms with Gasteiger partial charge in [-0.15, -0.1) is 24.0 Å². The Kier molecular flexibility index (Phi) is 11.5. The van der Waals surface area contributed by atoms with E-state index in [1.165, 1.54) is 19.4 Å². The Morgan fingerprint density at radius 2 is 1.88 bits per heavy atom. The first-order valence-corrected chi connectivity index (χ1v) is 10.1. The fraction of sp³-hybridized carbons (Fsp3) is 0.895. The summed E-state index contributed by atoms with van der Waals surface area (Å²) in [5, 5.41) is 6.83. The minimum Gasteiger partial charge on any atom is -0.356 e. The van der Waals surface area contributed by atoms with Gasteiger partial charge in [0.1, 0.15) is 0 Å². The molecule has 0 aliphatic carbocycles. The van der Waals surface area contributed by atoms with Gasteiger partial charge in [0.25, 0.3) is 0 Å². The van der Waals surface area contributed by atoms with Gasteiger partial charge in [-0.25, -0.2) is 0 Å². The second kappa shape index (κ2) is 12.8. The lowest BCUT2D eigenvalue weighted by Crippen LogP contribution is -2.49. The van der Waals surface area contributed by atoms with E-state index < -0.39 is 0 Å². The van der Waals surface area contributed by atoms with E-state index >= 15 is 0 Å². The van der Waals surface area contributed by atoms with Crippen LogP contribution in [-0.4, -0.2) is 73.5 Å². The molecule has 2 fully saturated rings. The van der Waals surface area contributed by atoms with Crippen molar-refractivity contribution in [3.63, 3.8) is 0 Å². The van der Waals surface area contributed by atoms with E-state index in [2.05, 4.69) is 34.4 Å². The van der Waals surface area contributed by atoms with Gasteiger partial charge < -0.3 is 20.4 Å². The zero-order chi connectivity index (χ0) is 18.1. The third-order valence-electron chi connectivity index (χ3n) is 5.45. The first-order valence-electron chi connectivity index (χ1n) is 10.1. The van der Waals surface area contributed by atoms with Crippen molar-refractivity contribution in [3.8, 4) is 0 Å². The Morgan fingerprint density at radius 1 is 1.15 bits per heavy atom. The fourth-order valence-electron chi connectivity index (χ4n) is 3.91. The van der Waals surface area contributed by atoms with E-state index in [0.717, 1.165) is 51.3 Å². The highest BCUT2D eigenvalue weighted by Crippen LogP contribution is 2.17. The lowest BCUT2D eigenvalue weighted by Gasteiger charge is -2.34. The van der Waals surface area contributed by atoms with Crippen molar-refractivity contribution in [3.05, 3.63) is 0 Å². The van der Waals surface area contributed by atoms with E-state index in [0.29, 0.717) is 25.0 Å². The maximum absolute atomic E-state index is 12.4. The Hall–Kier alpha value is -0.570. The molecule has 2 N–H and O–H groups in total. The van der Waals surface area contributed by atoms with Crippen molar-refractivity contribution in [1.29, 1.82) is 0 Å². The molecule has 0 aromatic rings. The SMILES string of the molecule is CCCN1CCC(NC(=NC)NCCC(=O)N2CCCCC2C)CC1.I. The zero-order valence-corrected chi connectivity index (χ0v) is 19.1. The third kappa shape index (κ3) is 7.58. The summed E-state index contributed by atoms with van der Waals surface area (Å²) in [6.45, 7) is 9.50. The predicted molar refractivity (Wildman–Crippen MR) is 119 cm³/mol. The van der Waals surface area contributed by atoms with E-state index in [-0.39, 0.29) is 29.9 Å². The molecule has 6 nitrogen and oxygen atoms in total. The van der Waals surface area contributed by atoms with Gasteiger partial charge in [0.05, 0.1) is 0 Å². The molecule has 0 radical (unpaired) electrons. The molecule has 1 unspecified atom stereocenters. The number of aliphatic imine (C=N–C) groups is 1. The number of carbonyl (C=O) groups is 1. The van der Waals surface area contributed by atoms with Gasteiger partial charge in [-0.3, -0.25) is 9.79 Å². The zero-order valence-electron chi connectivity index (χ0n) is 16.8. The number of nitrogens with zero attached hydrogens (tertiary/aromatic N) is 3. The van der Waals surface area contributed by atoms with Crippen LogP contribution in [0, 0.1) is 0 Å². The molecule has 152 valence electrons. The molecule has 2 saturated heterocycles. The van der Waals surface area contributed by atoms with Crippen LogP contribution in [0.1, 0.15) is 58.8 Å². The molecule has 0 bridgehead atoms. The average Bonchev–Trinajstić information content (AvgIpc) is 2.63. The van der Waals surface area contributed by atoms with Gasteiger partial charge in [0.2, 0.25) is 5.91 Å². The van der Waals surface area contributed by atoms with E-state index in [1.807, 2.05) is 4.90 Å². The lowest BCUT2D eigenvalue weighted by molar-refractivity contribution is -0.134. The van der Waals surface area contributed by atoms with E-state index in [4.69, 9.17) is 0 Å². The fourth-order valence-corrected chi connectivity index (χ4v) is 3.91. The van der Waals surface area contributed by atoms with E-state index in [9.17, 15) is 4.79 Å². The molecule has 0 aromatic heterocycles. The summed E-state index contributed by atoms with van der Waals surface area (Å²) in [5.74, 6) is 1.09. The number of likely N-dealkylation sites (tertiary alicyclic amines) is 2. The van der Waals surface area contributed by atoms with Crippen LogP contribution in [-0.2, 0) is 4.79 Å². The monoisotopic (exact) mass is 479 g/mol. The molecular formula is C19H38IN5O. The molecule has 26 heavy (non-hydrogen) atoms. The van der Waals surface area contributed by atoms with Crippen LogP contribution < -0.4 is 10.6 Å². The number of halogens is 1. The summed E-state index contributed by atoms with van der Waals surface area (Å²) in [4.78, 5) is 21.3. The molecule has 2 heterocycles. The second-order valence-corrected chi connectivity index (χ2v) is 7.44. The Balaban J connectivity index is 0.00000338. The summed E-state index contributed by atoms with van der Waals surface area (Å²) in [5.41, 5.74) is 0. The Bertz CT molecular complexity index is 438. The molecule has 2 aliphatic rings. The van der Waals surface area contributed by atoms with Crippen molar-refractivity contribution < 1.29 is 4.79 Å². The van der Waals surface area contributed by atoms with Crippen molar-refractivity contribution in [2.75, 3.05) is 39.8 Å². The van der Waals surface area contributed by atoms with Crippen LogP contribution in [0.2, 0.25) is 0 Å². The number of carbonyl (C=O) groups excluding carboxylic acids is 1. The summed E-state index contributed by atoms with van der Waals surface area (Å²) < 4.78 is 0. The van der Waals surface area contributed by atoms with Crippen LogP contribution in [0.5, 0.6) is 0 Å². The minimum absolute atomic E-state index is 0. The number of nitrogens with one attached hydrogen (secondary N) is 2.